The van der Waals surface area contributed by atoms with Gasteiger partial charge in [0.05, 0.1) is 12.6 Å². The highest BCUT2D eigenvalue weighted by Crippen LogP contribution is 2.18. The Hall–Kier alpha value is -3.05. The zero-order chi connectivity index (χ0) is 23.8. The lowest BCUT2D eigenvalue weighted by atomic mass is 10.2. The van der Waals surface area contributed by atoms with E-state index in [1.165, 1.54) is 4.57 Å². The lowest BCUT2D eigenvalue weighted by Gasteiger charge is -2.12. The summed E-state index contributed by atoms with van der Waals surface area (Å²) in [7, 11) is 0. The van der Waals surface area contributed by atoms with Gasteiger partial charge in [0.2, 0.25) is 11.9 Å². The zero-order valence-electron chi connectivity index (χ0n) is 19.1. The van der Waals surface area contributed by atoms with E-state index in [1.807, 2.05) is 12.1 Å². The Bertz CT molecular complexity index is 1130. The Balaban J connectivity index is 1.71. The Morgan fingerprint density at radius 3 is 2.67 bits per heavy atom. The Labute approximate surface area is 196 Å². The zero-order valence-corrected chi connectivity index (χ0v) is 19.9. The fourth-order valence-corrected chi connectivity index (χ4v) is 4.06. The molecule has 10 nitrogen and oxygen atoms in total. The summed E-state index contributed by atoms with van der Waals surface area (Å²) in [6.45, 7) is 5.22. The molecule has 11 heteroatoms. The van der Waals surface area contributed by atoms with Crippen LogP contribution in [0, 0.1) is 0 Å². The second kappa shape index (κ2) is 11.7. The number of nitrogens with zero attached hydrogens (tertiary/aromatic N) is 3. The number of aromatic amines is 1. The maximum Gasteiger partial charge on any atom is 0.328 e. The van der Waals surface area contributed by atoms with Crippen molar-refractivity contribution in [2.45, 2.75) is 45.7 Å². The number of nitrogen functional groups attached to an aromatic ring is 1. The predicted octanol–water partition coefficient (Wildman–Crippen LogP) is 2.37. The molecule has 2 heterocycles. The number of nitrogens with two attached hydrogens (primary N) is 2. The van der Waals surface area contributed by atoms with Crippen molar-refractivity contribution in [2.75, 3.05) is 34.4 Å². The van der Waals surface area contributed by atoms with E-state index in [2.05, 4.69) is 39.4 Å². The molecule has 0 saturated carbocycles. The number of anilines is 3. The van der Waals surface area contributed by atoms with Gasteiger partial charge in [0.25, 0.3) is 0 Å². The molecule has 2 aromatic heterocycles. The number of nitrogens with one attached hydrogen (secondary N) is 3. The van der Waals surface area contributed by atoms with Crippen molar-refractivity contribution in [3.8, 4) is 0 Å². The van der Waals surface area contributed by atoms with E-state index < -0.39 is 6.04 Å². The predicted molar refractivity (Wildman–Crippen MR) is 136 cm³/mol. The summed E-state index contributed by atoms with van der Waals surface area (Å²) in [6.07, 6.45) is 3.07. The van der Waals surface area contributed by atoms with Crippen LogP contribution in [0.3, 0.4) is 0 Å². The van der Waals surface area contributed by atoms with Crippen LogP contribution in [0.1, 0.15) is 38.7 Å². The number of hydrogen-bond donors (Lipinski definition) is 5. The third kappa shape index (κ3) is 6.48. The van der Waals surface area contributed by atoms with Gasteiger partial charge in [0.1, 0.15) is 5.52 Å². The Kier molecular flexibility index (Phi) is 8.72. The number of carbonyl (C=O) groups is 1. The minimum Gasteiger partial charge on any atom is -0.382 e. The molecule has 0 aliphatic rings. The van der Waals surface area contributed by atoms with Crippen molar-refractivity contribution in [1.82, 2.24) is 19.5 Å². The molecule has 1 aromatic carbocycles. The molecule has 0 fully saturated rings. The van der Waals surface area contributed by atoms with Gasteiger partial charge in [-0.2, -0.15) is 21.7 Å². The fraction of sp³-hybridized carbons (Fsp3) is 0.455. The molecule has 0 bridgehead atoms. The van der Waals surface area contributed by atoms with Crippen molar-refractivity contribution >= 4 is 46.3 Å². The van der Waals surface area contributed by atoms with Crippen LogP contribution in [0.15, 0.2) is 29.1 Å². The molecule has 3 aromatic rings. The molecular formula is C22H32N8O2S. The topological polar surface area (TPSA) is 157 Å². The quantitative estimate of drug-likeness (QED) is 0.251. The number of amides is 1. The van der Waals surface area contributed by atoms with Gasteiger partial charge in [-0.25, -0.2) is 4.79 Å². The van der Waals surface area contributed by atoms with Crippen molar-refractivity contribution < 1.29 is 4.79 Å². The normalized spacial score (nSPS) is 12.1. The third-order valence-corrected chi connectivity index (χ3v) is 6.30. The number of aromatic nitrogens is 4. The first-order chi connectivity index (χ1) is 15.9. The van der Waals surface area contributed by atoms with Crippen LogP contribution in [0.2, 0.25) is 0 Å². The standard InChI is InChI=1S/C22H32N8O2S/c1-3-5-10-25-21-28-18(24)17-19(29-21)30(22(32)27-17)12-14-6-8-15(9-7-14)26-20(31)16(23)13-33-11-4-2/h6-9,16H,3-5,10-13,23H2,1-2H3,(H,26,31)(H,27,32)(H3,24,25,28,29)/t16-/m0/s1. The van der Waals surface area contributed by atoms with E-state index in [4.69, 9.17) is 11.5 Å². The van der Waals surface area contributed by atoms with E-state index >= 15 is 0 Å². The van der Waals surface area contributed by atoms with Gasteiger partial charge in [-0.05, 0) is 36.3 Å². The van der Waals surface area contributed by atoms with Crippen LogP contribution < -0.4 is 27.8 Å². The first kappa shape index (κ1) is 24.6. The smallest absolute Gasteiger partial charge is 0.328 e. The molecule has 178 valence electrons. The second-order valence-electron chi connectivity index (χ2n) is 7.80. The first-order valence-electron chi connectivity index (χ1n) is 11.2. The number of rotatable bonds is 12. The van der Waals surface area contributed by atoms with Gasteiger partial charge >= 0.3 is 5.69 Å². The number of thioether (sulfide) groups is 1. The fourth-order valence-electron chi connectivity index (χ4n) is 3.20. The number of fused-ring (bicyclic) bond motifs is 1. The molecule has 0 radical (unpaired) electrons. The number of benzene rings is 1. The summed E-state index contributed by atoms with van der Waals surface area (Å²) in [5, 5.41) is 5.98. The van der Waals surface area contributed by atoms with Crippen molar-refractivity contribution in [1.29, 1.82) is 0 Å². The first-order valence-corrected chi connectivity index (χ1v) is 12.3. The Morgan fingerprint density at radius 2 is 1.97 bits per heavy atom. The number of H-pyrrole nitrogens is 1. The monoisotopic (exact) mass is 472 g/mol. The molecule has 0 aliphatic carbocycles. The van der Waals surface area contributed by atoms with Crippen LogP contribution >= 0.6 is 11.8 Å². The summed E-state index contributed by atoms with van der Waals surface area (Å²) in [5.41, 5.74) is 14.1. The summed E-state index contributed by atoms with van der Waals surface area (Å²) in [5.74, 6) is 1.97. The van der Waals surface area contributed by atoms with Crippen LogP contribution in [0.5, 0.6) is 0 Å². The van der Waals surface area contributed by atoms with Gasteiger partial charge in [-0.3, -0.25) is 9.36 Å². The van der Waals surface area contributed by atoms with Crippen LogP contribution in [-0.4, -0.2) is 49.5 Å². The molecule has 0 aliphatic heterocycles. The molecular weight excluding hydrogens is 440 g/mol. The number of imidazole rings is 1. The van der Waals surface area contributed by atoms with Crippen molar-refractivity contribution in [3.05, 3.63) is 40.3 Å². The van der Waals surface area contributed by atoms with Gasteiger partial charge in [-0.15, -0.1) is 0 Å². The summed E-state index contributed by atoms with van der Waals surface area (Å²) in [4.78, 5) is 36.3. The summed E-state index contributed by atoms with van der Waals surface area (Å²) >= 11 is 1.67. The number of hydrogen-bond acceptors (Lipinski definition) is 8. The maximum absolute atomic E-state index is 12.6. The highest BCUT2D eigenvalue weighted by Gasteiger charge is 2.15. The molecule has 1 amide bonds. The van der Waals surface area contributed by atoms with E-state index in [9.17, 15) is 9.59 Å². The van der Waals surface area contributed by atoms with Gasteiger partial charge in [0.15, 0.2) is 11.5 Å². The van der Waals surface area contributed by atoms with Crippen molar-refractivity contribution in [2.24, 2.45) is 5.73 Å². The Morgan fingerprint density at radius 1 is 1.21 bits per heavy atom. The maximum atomic E-state index is 12.6. The minimum atomic E-state index is -0.559. The van der Waals surface area contributed by atoms with E-state index in [-0.39, 0.29) is 17.4 Å². The molecule has 33 heavy (non-hydrogen) atoms. The molecule has 3 rings (SSSR count). The van der Waals surface area contributed by atoms with E-state index in [1.54, 1.807) is 23.9 Å². The SMILES string of the molecule is CCCCNc1nc(N)c2[nH]c(=O)n(Cc3ccc(NC(=O)[C@@H](N)CSCCC)cc3)c2n1. The lowest BCUT2D eigenvalue weighted by Crippen LogP contribution is -2.37. The highest BCUT2D eigenvalue weighted by atomic mass is 32.2. The van der Waals surface area contributed by atoms with Crippen LogP contribution in [0.25, 0.3) is 11.2 Å². The summed E-state index contributed by atoms with van der Waals surface area (Å²) in [6, 6.07) is 6.73. The number of carbonyl (C=O) groups excluding carboxylic acids is 1. The van der Waals surface area contributed by atoms with Gasteiger partial charge in [-0.1, -0.05) is 32.4 Å². The lowest BCUT2D eigenvalue weighted by molar-refractivity contribution is -0.116. The largest absolute Gasteiger partial charge is 0.382 e. The summed E-state index contributed by atoms with van der Waals surface area (Å²) < 4.78 is 1.52. The molecule has 7 N–H and O–H groups in total. The van der Waals surface area contributed by atoms with Gasteiger partial charge in [0, 0.05) is 18.0 Å². The van der Waals surface area contributed by atoms with Gasteiger partial charge < -0.3 is 27.1 Å². The van der Waals surface area contributed by atoms with Crippen LogP contribution in [-0.2, 0) is 11.3 Å². The molecule has 1 atom stereocenters. The molecule has 0 saturated heterocycles. The van der Waals surface area contributed by atoms with E-state index in [0.717, 1.165) is 37.1 Å². The third-order valence-electron chi connectivity index (χ3n) is 5.01. The van der Waals surface area contributed by atoms with E-state index in [0.29, 0.717) is 35.1 Å². The average molecular weight is 473 g/mol. The molecule has 0 unspecified atom stereocenters. The van der Waals surface area contributed by atoms with Crippen molar-refractivity contribution in [3.63, 3.8) is 0 Å². The minimum absolute atomic E-state index is 0.213. The highest BCUT2D eigenvalue weighted by molar-refractivity contribution is 7.99. The second-order valence-corrected chi connectivity index (χ2v) is 8.95. The molecule has 0 spiro atoms. The average Bonchev–Trinajstić information content (AvgIpc) is 3.11. The number of unbranched alkanes of at least 4 members (excludes halogenated alkanes) is 1. The van der Waals surface area contributed by atoms with Crippen LogP contribution in [0.4, 0.5) is 17.5 Å².